The molecule has 1 N–H and O–H groups in total. The molecular weight excluding hydrogens is 246 g/mol. The van der Waals surface area contributed by atoms with Gasteiger partial charge in [-0.25, -0.2) is 0 Å². The smallest absolute Gasteiger partial charge is 0.240 e. The van der Waals surface area contributed by atoms with E-state index in [4.69, 9.17) is 9.26 Å². The molecule has 0 aromatic carbocycles. The molecular formula is C13H25N3O3. The highest BCUT2D eigenvalue weighted by molar-refractivity contribution is 4.90. The van der Waals surface area contributed by atoms with Crippen molar-refractivity contribution in [1.82, 2.24) is 15.0 Å². The number of aliphatic hydroxyl groups excluding tert-OH is 1. The zero-order valence-corrected chi connectivity index (χ0v) is 12.5. The minimum atomic E-state index is -0.382. The van der Waals surface area contributed by atoms with Crippen LogP contribution in [0.25, 0.3) is 0 Å². The molecule has 2 unspecified atom stereocenters. The van der Waals surface area contributed by atoms with E-state index in [1.807, 2.05) is 13.8 Å². The number of aliphatic hydroxyl groups is 1. The van der Waals surface area contributed by atoms with Crippen LogP contribution in [-0.2, 0) is 11.3 Å². The maximum Gasteiger partial charge on any atom is 0.240 e. The SMILES string of the molecule is CCOC(C)c1noc(CN(CC(C)O)C(C)C)n1. The standard InChI is InChI=1S/C13H25N3O3/c1-6-18-11(5)13-14-12(19-15-13)8-16(9(2)3)7-10(4)17/h9-11,17H,6-8H2,1-5H3. The van der Waals surface area contributed by atoms with Gasteiger partial charge in [0.2, 0.25) is 5.89 Å². The molecule has 2 atom stereocenters. The maximum atomic E-state index is 9.48. The third kappa shape index (κ3) is 5.26. The van der Waals surface area contributed by atoms with Gasteiger partial charge in [0, 0.05) is 19.2 Å². The number of rotatable bonds is 8. The summed E-state index contributed by atoms with van der Waals surface area (Å²) in [6.07, 6.45) is -0.543. The Labute approximate surface area is 114 Å². The number of nitrogens with zero attached hydrogens (tertiary/aromatic N) is 3. The Morgan fingerprint density at radius 3 is 2.53 bits per heavy atom. The molecule has 0 saturated heterocycles. The van der Waals surface area contributed by atoms with Crippen molar-refractivity contribution in [3.8, 4) is 0 Å². The second-order valence-electron chi connectivity index (χ2n) is 5.02. The Morgan fingerprint density at radius 2 is 2.00 bits per heavy atom. The quantitative estimate of drug-likeness (QED) is 0.776. The largest absolute Gasteiger partial charge is 0.392 e. The monoisotopic (exact) mass is 271 g/mol. The molecule has 0 saturated carbocycles. The van der Waals surface area contributed by atoms with E-state index in [0.29, 0.717) is 37.5 Å². The number of hydrogen-bond donors (Lipinski definition) is 1. The van der Waals surface area contributed by atoms with Gasteiger partial charge in [-0.2, -0.15) is 4.98 Å². The third-order valence-electron chi connectivity index (χ3n) is 2.83. The van der Waals surface area contributed by atoms with Gasteiger partial charge in [0.05, 0.1) is 12.6 Å². The Bertz CT molecular complexity index is 366. The molecule has 6 heteroatoms. The van der Waals surface area contributed by atoms with E-state index in [-0.39, 0.29) is 12.2 Å². The first-order valence-corrected chi connectivity index (χ1v) is 6.80. The van der Waals surface area contributed by atoms with Crippen LogP contribution in [0.2, 0.25) is 0 Å². The molecule has 110 valence electrons. The van der Waals surface area contributed by atoms with Crippen molar-refractivity contribution in [1.29, 1.82) is 0 Å². The van der Waals surface area contributed by atoms with Gasteiger partial charge in [0.25, 0.3) is 0 Å². The molecule has 1 rings (SSSR count). The predicted octanol–water partition coefficient (Wildman–Crippen LogP) is 1.76. The summed E-state index contributed by atoms with van der Waals surface area (Å²) in [6, 6.07) is 0.300. The summed E-state index contributed by atoms with van der Waals surface area (Å²) in [5, 5.41) is 13.4. The molecule has 0 spiro atoms. The van der Waals surface area contributed by atoms with Crippen molar-refractivity contribution in [2.45, 2.75) is 59.4 Å². The van der Waals surface area contributed by atoms with Crippen LogP contribution in [0.4, 0.5) is 0 Å². The van der Waals surface area contributed by atoms with Crippen LogP contribution in [0.3, 0.4) is 0 Å². The highest BCUT2D eigenvalue weighted by atomic mass is 16.5. The van der Waals surface area contributed by atoms with Crippen LogP contribution in [0.15, 0.2) is 4.52 Å². The fourth-order valence-corrected chi connectivity index (χ4v) is 1.79. The zero-order chi connectivity index (χ0) is 14.4. The zero-order valence-electron chi connectivity index (χ0n) is 12.5. The van der Waals surface area contributed by atoms with Gasteiger partial charge in [-0.1, -0.05) is 5.16 Å². The van der Waals surface area contributed by atoms with Crippen molar-refractivity contribution in [3.05, 3.63) is 11.7 Å². The van der Waals surface area contributed by atoms with E-state index in [1.165, 1.54) is 0 Å². The normalized spacial score (nSPS) is 15.2. The second kappa shape index (κ2) is 7.57. The van der Waals surface area contributed by atoms with Gasteiger partial charge < -0.3 is 14.4 Å². The van der Waals surface area contributed by atoms with Crippen molar-refractivity contribution in [2.24, 2.45) is 0 Å². The van der Waals surface area contributed by atoms with Gasteiger partial charge in [0.15, 0.2) is 5.82 Å². The molecule has 6 nitrogen and oxygen atoms in total. The first-order chi connectivity index (χ1) is 8.93. The van der Waals surface area contributed by atoms with Crippen LogP contribution in [-0.4, -0.2) is 45.4 Å². The summed E-state index contributed by atoms with van der Waals surface area (Å²) in [5.41, 5.74) is 0. The van der Waals surface area contributed by atoms with E-state index >= 15 is 0 Å². The number of hydrogen-bond acceptors (Lipinski definition) is 6. The summed E-state index contributed by atoms with van der Waals surface area (Å²) in [5.74, 6) is 1.12. The van der Waals surface area contributed by atoms with Gasteiger partial charge in [-0.15, -0.1) is 0 Å². The Balaban J connectivity index is 2.64. The average molecular weight is 271 g/mol. The molecule has 0 aliphatic rings. The van der Waals surface area contributed by atoms with Crippen molar-refractivity contribution in [2.75, 3.05) is 13.2 Å². The lowest BCUT2D eigenvalue weighted by Crippen LogP contribution is -2.36. The second-order valence-corrected chi connectivity index (χ2v) is 5.02. The van der Waals surface area contributed by atoms with Crippen molar-refractivity contribution < 1.29 is 14.4 Å². The molecule has 1 aromatic rings. The van der Waals surface area contributed by atoms with Crippen molar-refractivity contribution in [3.63, 3.8) is 0 Å². The lowest BCUT2D eigenvalue weighted by molar-refractivity contribution is 0.0683. The van der Waals surface area contributed by atoms with E-state index in [0.717, 1.165) is 0 Å². The predicted molar refractivity (Wildman–Crippen MR) is 71.6 cm³/mol. The number of ether oxygens (including phenoxy) is 1. The van der Waals surface area contributed by atoms with E-state index in [2.05, 4.69) is 28.9 Å². The summed E-state index contributed by atoms with van der Waals surface area (Å²) in [4.78, 5) is 6.42. The minimum Gasteiger partial charge on any atom is -0.392 e. The lowest BCUT2D eigenvalue weighted by atomic mass is 10.2. The first kappa shape index (κ1) is 16.1. The molecule has 1 aromatic heterocycles. The molecule has 0 aliphatic heterocycles. The first-order valence-electron chi connectivity index (χ1n) is 6.80. The molecule has 1 heterocycles. The highest BCUT2D eigenvalue weighted by Gasteiger charge is 2.18. The number of aromatic nitrogens is 2. The highest BCUT2D eigenvalue weighted by Crippen LogP contribution is 2.14. The molecule has 0 aliphatic carbocycles. The van der Waals surface area contributed by atoms with Crippen LogP contribution in [0.5, 0.6) is 0 Å². The van der Waals surface area contributed by atoms with E-state index in [9.17, 15) is 5.11 Å². The summed E-state index contributed by atoms with van der Waals surface area (Å²) in [6.45, 7) is 11.5. The Hall–Kier alpha value is -0.980. The molecule has 0 radical (unpaired) electrons. The Kier molecular flexibility index (Phi) is 6.41. The van der Waals surface area contributed by atoms with Crippen LogP contribution < -0.4 is 0 Å². The topological polar surface area (TPSA) is 71.6 Å². The van der Waals surface area contributed by atoms with Gasteiger partial charge in [-0.3, -0.25) is 4.90 Å². The van der Waals surface area contributed by atoms with E-state index < -0.39 is 0 Å². The van der Waals surface area contributed by atoms with Gasteiger partial charge >= 0.3 is 0 Å². The van der Waals surface area contributed by atoms with Gasteiger partial charge in [0.1, 0.15) is 6.10 Å². The molecule has 0 fully saturated rings. The van der Waals surface area contributed by atoms with Gasteiger partial charge in [-0.05, 0) is 34.6 Å². The van der Waals surface area contributed by atoms with Crippen LogP contribution in [0, 0.1) is 0 Å². The summed E-state index contributed by atoms with van der Waals surface area (Å²) >= 11 is 0. The van der Waals surface area contributed by atoms with Crippen LogP contribution in [0.1, 0.15) is 52.4 Å². The summed E-state index contributed by atoms with van der Waals surface area (Å²) in [7, 11) is 0. The molecule has 19 heavy (non-hydrogen) atoms. The minimum absolute atomic E-state index is 0.160. The van der Waals surface area contributed by atoms with Crippen LogP contribution >= 0.6 is 0 Å². The fourth-order valence-electron chi connectivity index (χ4n) is 1.79. The van der Waals surface area contributed by atoms with Crippen molar-refractivity contribution >= 4 is 0 Å². The molecule has 0 bridgehead atoms. The summed E-state index contributed by atoms with van der Waals surface area (Å²) < 4.78 is 10.6. The third-order valence-corrected chi connectivity index (χ3v) is 2.83. The fraction of sp³-hybridized carbons (Fsp3) is 0.846. The molecule has 0 amide bonds. The van der Waals surface area contributed by atoms with E-state index in [1.54, 1.807) is 6.92 Å². The average Bonchev–Trinajstić information content (AvgIpc) is 2.76. The maximum absolute atomic E-state index is 9.48. The lowest BCUT2D eigenvalue weighted by Gasteiger charge is -2.25. The Morgan fingerprint density at radius 1 is 1.32 bits per heavy atom.